The molecule has 4 aromatic rings. The SMILES string of the molecule is O=S(=O)([O-])c1ccccc1.O=S(=O)([O-])c1ccccc1.[Zr+4].c1cc[cH-]c1.c1cc[cH-]c1. The van der Waals surface area contributed by atoms with E-state index in [0.717, 1.165) is 0 Å². The first kappa shape index (κ1) is 28.8. The summed E-state index contributed by atoms with van der Waals surface area (Å²) >= 11 is 0. The van der Waals surface area contributed by atoms with Gasteiger partial charge in [0.2, 0.25) is 0 Å². The summed E-state index contributed by atoms with van der Waals surface area (Å²) in [5.74, 6) is 0. The Morgan fingerprint density at radius 1 is 0.484 bits per heavy atom. The zero-order valence-corrected chi connectivity index (χ0v) is 20.4. The Hall–Kier alpha value is -2.16. The van der Waals surface area contributed by atoms with Crippen LogP contribution in [0.5, 0.6) is 0 Å². The van der Waals surface area contributed by atoms with Gasteiger partial charge in [-0.25, -0.2) is 41.1 Å². The van der Waals surface area contributed by atoms with Gasteiger partial charge in [-0.1, -0.05) is 36.4 Å². The van der Waals surface area contributed by atoms with Gasteiger partial charge in [0.1, 0.15) is 20.2 Å². The van der Waals surface area contributed by atoms with Gasteiger partial charge in [0.25, 0.3) is 0 Å². The molecule has 0 amide bonds. The third-order valence-corrected chi connectivity index (χ3v) is 4.87. The van der Waals surface area contributed by atoms with Crippen molar-refractivity contribution in [3.05, 3.63) is 121 Å². The van der Waals surface area contributed by atoms with E-state index in [2.05, 4.69) is 0 Å². The summed E-state index contributed by atoms with van der Waals surface area (Å²) in [5, 5.41) is 0. The van der Waals surface area contributed by atoms with E-state index >= 15 is 0 Å². The average molecular weight is 536 g/mol. The van der Waals surface area contributed by atoms with Crippen LogP contribution in [-0.2, 0) is 46.4 Å². The number of benzene rings is 2. The second-order valence-corrected chi connectivity index (χ2v) is 8.22. The summed E-state index contributed by atoms with van der Waals surface area (Å²) < 4.78 is 61.7. The molecule has 0 saturated carbocycles. The molecule has 4 rings (SSSR count). The fraction of sp³-hybridized carbons (Fsp3) is 0. The molecule has 0 radical (unpaired) electrons. The number of rotatable bonds is 2. The van der Waals surface area contributed by atoms with Gasteiger partial charge in [0.05, 0.1) is 9.79 Å². The molecule has 0 N–H and O–H groups in total. The van der Waals surface area contributed by atoms with E-state index in [1.807, 2.05) is 60.7 Å². The van der Waals surface area contributed by atoms with Crippen molar-refractivity contribution in [2.45, 2.75) is 9.79 Å². The van der Waals surface area contributed by atoms with E-state index in [0.29, 0.717) is 0 Å². The molecular formula is C22H20O6S2Zr. The summed E-state index contributed by atoms with van der Waals surface area (Å²) in [7, 11) is -8.51. The van der Waals surface area contributed by atoms with Crippen LogP contribution in [0.4, 0.5) is 0 Å². The van der Waals surface area contributed by atoms with Gasteiger partial charge in [-0.2, -0.15) is 36.4 Å². The first-order chi connectivity index (χ1) is 14.2. The molecule has 0 saturated heterocycles. The van der Waals surface area contributed by atoms with Gasteiger partial charge in [-0.15, -0.1) is 0 Å². The van der Waals surface area contributed by atoms with Crippen LogP contribution in [0.2, 0.25) is 0 Å². The van der Waals surface area contributed by atoms with Crippen LogP contribution in [0.3, 0.4) is 0 Å². The summed E-state index contributed by atoms with van der Waals surface area (Å²) in [6, 6.07) is 34.4. The molecule has 0 spiro atoms. The van der Waals surface area contributed by atoms with E-state index in [4.69, 9.17) is 0 Å². The number of hydrogen-bond acceptors (Lipinski definition) is 6. The van der Waals surface area contributed by atoms with Crippen LogP contribution in [0, 0.1) is 0 Å². The molecule has 0 bridgehead atoms. The zero-order chi connectivity index (χ0) is 22.3. The molecular weight excluding hydrogens is 516 g/mol. The van der Waals surface area contributed by atoms with Gasteiger partial charge in [0.15, 0.2) is 0 Å². The maximum absolute atomic E-state index is 10.3. The summed E-state index contributed by atoms with van der Waals surface area (Å²) in [4.78, 5) is -0.370. The van der Waals surface area contributed by atoms with E-state index in [9.17, 15) is 25.9 Å². The monoisotopic (exact) mass is 534 g/mol. The van der Waals surface area contributed by atoms with Crippen LogP contribution in [0.1, 0.15) is 0 Å². The molecule has 6 nitrogen and oxygen atoms in total. The van der Waals surface area contributed by atoms with Crippen molar-refractivity contribution in [1.82, 2.24) is 0 Å². The minimum Gasteiger partial charge on any atom is -0.744 e. The topological polar surface area (TPSA) is 114 Å². The number of hydrogen-bond donors (Lipinski definition) is 0. The molecule has 160 valence electrons. The Morgan fingerprint density at radius 2 is 0.742 bits per heavy atom. The summed E-state index contributed by atoms with van der Waals surface area (Å²) in [6.45, 7) is 0. The predicted octanol–water partition coefficient (Wildman–Crippen LogP) is 3.99. The maximum Gasteiger partial charge on any atom is 4.00 e. The Kier molecular flexibility index (Phi) is 14.5. The first-order valence-corrected chi connectivity index (χ1v) is 11.4. The maximum atomic E-state index is 10.3. The van der Waals surface area contributed by atoms with Crippen molar-refractivity contribution >= 4 is 20.2 Å². The van der Waals surface area contributed by atoms with Crippen LogP contribution >= 0.6 is 0 Å². The normalized spacial score (nSPS) is 9.87. The Bertz CT molecular complexity index is 981. The third-order valence-electron chi connectivity index (χ3n) is 3.17. The quantitative estimate of drug-likeness (QED) is 0.283. The van der Waals surface area contributed by atoms with Crippen molar-refractivity contribution in [2.75, 3.05) is 0 Å². The fourth-order valence-corrected chi connectivity index (χ4v) is 2.80. The Labute approximate surface area is 202 Å². The van der Waals surface area contributed by atoms with E-state index in [1.54, 1.807) is 12.1 Å². The largest absolute Gasteiger partial charge is 4.00 e. The Morgan fingerprint density at radius 3 is 0.871 bits per heavy atom. The molecule has 0 aliphatic carbocycles. The van der Waals surface area contributed by atoms with Gasteiger partial charge >= 0.3 is 26.2 Å². The smallest absolute Gasteiger partial charge is 0.744 e. The molecule has 0 aliphatic heterocycles. The predicted molar refractivity (Wildman–Crippen MR) is 113 cm³/mol. The van der Waals surface area contributed by atoms with E-state index in [1.165, 1.54) is 48.5 Å². The minimum atomic E-state index is -4.25. The van der Waals surface area contributed by atoms with Crippen LogP contribution in [0.15, 0.2) is 131 Å². The summed E-state index contributed by atoms with van der Waals surface area (Å²) in [6.07, 6.45) is 0. The molecule has 0 unspecified atom stereocenters. The van der Waals surface area contributed by atoms with Crippen LogP contribution < -0.4 is 0 Å². The van der Waals surface area contributed by atoms with Crippen molar-refractivity contribution in [1.29, 1.82) is 0 Å². The second kappa shape index (κ2) is 15.6. The van der Waals surface area contributed by atoms with Crippen LogP contribution in [0.25, 0.3) is 0 Å². The molecule has 0 atom stereocenters. The van der Waals surface area contributed by atoms with Gasteiger partial charge in [0, 0.05) is 0 Å². The van der Waals surface area contributed by atoms with Crippen molar-refractivity contribution in [2.24, 2.45) is 0 Å². The summed E-state index contributed by atoms with van der Waals surface area (Å²) in [5.41, 5.74) is 0. The standard InChI is InChI=1S/2C6H6O3S.2C5H5.Zr/c2*7-10(8,9)6-4-2-1-3-5-6;2*1-2-4-5-3-1;/h2*1-5H,(H,7,8,9);2*1-5H;/q;;2*-1;+4/p-2. The van der Waals surface area contributed by atoms with Crippen molar-refractivity contribution in [3.8, 4) is 0 Å². The van der Waals surface area contributed by atoms with Crippen molar-refractivity contribution < 1.29 is 52.1 Å². The van der Waals surface area contributed by atoms with E-state index in [-0.39, 0.29) is 36.0 Å². The second-order valence-electron chi connectivity index (χ2n) is 5.46. The fourth-order valence-electron chi connectivity index (χ4n) is 1.82. The third kappa shape index (κ3) is 14.5. The average Bonchev–Trinajstić information content (AvgIpc) is 3.47. The Balaban J connectivity index is 0.000000401. The molecule has 0 fully saturated rings. The molecule has 0 aliphatic rings. The van der Waals surface area contributed by atoms with Crippen LogP contribution in [-0.4, -0.2) is 25.9 Å². The molecule has 9 heteroatoms. The van der Waals surface area contributed by atoms with E-state index < -0.39 is 20.2 Å². The molecule has 31 heavy (non-hydrogen) atoms. The minimum absolute atomic E-state index is 0. The van der Waals surface area contributed by atoms with Crippen molar-refractivity contribution in [3.63, 3.8) is 0 Å². The first-order valence-electron chi connectivity index (χ1n) is 8.56. The molecule has 0 heterocycles. The van der Waals surface area contributed by atoms with Gasteiger partial charge < -0.3 is 9.11 Å². The van der Waals surface area contributed by atoms with Gasteiger partial charge in [-0.05, 0) is 24.3 Å². The zero-order valence-electron chi connectivity index (χ0n) is 16.3. The molecule has 4 aromatic carbocycles. The van der Waals surface area contributed by atoms with Gasteiger partial charge in [-0.3, -0.25) is 0 Å². The molecule has 0 aromatic heterocycles.